The molecule has 0 heterocycles. The Labute approximate surface area is 152 Å². The normalized spacial score (nSPS) is 14.2. The maximum Gasteiger partial charge on any atom is 0.261 e. The Hall–Kier alpha value is -2.69. The SMILES string of the molecule is C1=CCc2c(c3ccccc3c3cc4c(cc23)C=CC=4)=C1.CS(=O)(=O)O. The van der Waals surface area contributed by atoms with E-state index >= 15 is 0 Å². The van der Waals surface area contributed by atoms with Crippen molar-refractivity contribution in [2.45, 2.75) is 6.42 Å². The molecule has 0 atom stereocenters. The zero-order valence-electron chi connectivity index (χ0n) is 14.3. The van der Waals surface area contributed by atoms with Crippen molar-refractivity contribution in [1.29, 1.82) is 0 Å². The first kappa shape index (κ1) is 16.8. The molecule has 0 spiro atoms. The minimum atomic E-state index is -3.67. The fourth-order valence-corrected chi connectivity index (χ4v) is 3.67. The van der Waals surface area contributed by atoms with Gasteiger partial charge in [-0.15, -0.1) is 0 Å². The lowest BCUT2D eigenvalue weighted by molar-refractivity contribution is 0.490. The van der Waals surface area contributed by atoms with Crippen LogP contribution in [0.3, 0.4) is 0 Å². The first-order chi connectivity index (χ1) is 12.4. The molecule has 0 aromatic heterocycles. The molecule has 0 unspecified atom stereocenters. The van der Waals surface area contributed by atoms with E-state index in [2.05, 4.69) is 72.9 Å². The highest BCUT2D eigenvalue weighted by Crippen LogP contribution is 2.27. The first-order valence-electron chi connectivity index (χ1n) is 8.37. The van der Waals surface area contributed by atoms with Crippen LogP contribution in [0.5, 0.6) is 0 Å². The highest BCUT2D eigenvalue weighted by atomic mass is 32.2. The van der Waals surface area contributed by atoms with Crippen molar-refractivity contribution >= 4 is 49.9 Å². The van der Waals surface area contributed by atoms with E-state index in [1.807, 2.05) is 0 Å². The van der Waals surface area contributed by atoms with Crippen molar-refractivity contribution in [3.05, 3.63) is 76.2 Å². The molecule has 3 aromatic carbocycles. The molecule has 1 N–H and O–H groups in total. The molecule has 2 aliphatic carbocycles. The van der Waals surface area contributed by atoms with E-state index < -0.39 is 10.1 Å². The van der Waals surface area contributed by atoms with Crippen molar-refractivity contribution in [3.63, 3.8) is 0 Å². The van der Waals surface area contributed by atoms with Crippen molar-refractivity contribution in [1.82, 2.24) is 0 Å². The molecular formula is C22H18O3S. The lowest BCUT2D eigenvalue weighted by Gasteiger charge is -2.14. The van der Waals surface area contributed by atoms with E-state index in [-0.39, 0.29) is 0 Å². The second-order valence-corrected chi connectivity index (χ2v) is 7.99. The van der Waals surface area contributed by atoms with E-state index in [4.69, 9.17) is 4.55 Å². The highest BCUT2D eigenvalue weighted by molar-refractivity contribution is 7.85. The Balaban J connectivity index is 0.000000301. The molecule has 0 amide bonds. The zero-order chi connectivity index (χ0) is 18.3. The molecule has 0 aliphatic heterocycles. The Morgan fingerprint density at radius 2 is 1.65 bits per heavy atom. The van der Waals surface area contributed by atoms with Crippen LogP contribution in [-0.2, 0) is 16.5 Å². The van der Waals surface area contributed by atoms with Crippen LogP contribution in [0.2, 0.25) is 0 Å². The van der Waals surface area contributed by atoms with Gasteiger partial charge in [-0.1, -0.05) is 60.7 Å². The lowest BCUT2D eigenvalue weighted by Crippen LogP contribution is -2.14. The molecule has 4 heteroatoms. The molecule has 0 fully saturated rings. The second-order valence-electron chi connectivity index (χ2n) is 6.52. The van der Waals surface area contributed by atoms with Crippen molar-refractivity contribution in [2.75, 3.05) is 6.26 Å². The summed E-state index contributed by atoms with van der Waals surface area (Å²) in [5.41, 5.74) is 2.81. The van der Waals surface area contributed by atoms with Crippen LogP contribution in [0.1, 0.15) is 11.1 Å². The number of hydrogen-bond donors (Lipinski definition) is 1. The third-order valence-corrected chi connectivity index (χ3v) is 4.65. The Bertz CT molecular complexity index is 1320. The molecule has 5 rings (SSSR count). The Kier molecular flexibility index (Phi) is 4.02. The molecule has 3 aromatic rings. The van der Waals surface area contributed by atoms with Gasteiger partial charge in [-0.3, -0.25) is 4.55 Å². The predicted molar refractivity (Wildman–Crippen MR) is 109 cm³/mol. The van der Waals surface area contributed by atoms with Crippen LogP contribution >= 0.6 is 0 Å². The molecule has 3 nitrogen and oxygen atoms in total. The van der Waals surface area contributed by atoms with Gasteiger partial charge in [-0.25, -0.2) is 0 Å². The van der Waals surface area contributed by atoms with Gasteiger partial charge in [-0.2, -0.15) is 8.42 Å². The average Bonchev–Trinajstić information content (AvgIpc) is 3.07. The van der Waals surface area contributed by atoms with Gasteiger partial charge in [0.2, 0.25) is 0 Å². The maximum absolute atomic E-state index is 9.19. The summed E-state index contributed by atoms with van der Waals surface area (Å²) < 4.78 is 25.9. The zero-order valence-corrected chi connectivity index (χ0v) is 15.1. The second kappa shape index (κ2) is 6.24. The van der Waals surface area contributed by atoms with Gasteiger partial charge < -0.3 is 0 Å². The topological polar surface area (TPSA) is 54.4 Å². The number of allylic oxidation sites excluding steroid dienone is 3. The quantitative estimate of drug-likeness (QED) is 0.494. The van der Waals surface area contributed by atoms with E-state index in [9.17, 15) is 8.42 Å². The van der Waals surface area contributed by atoms with E-state index in [1.165, 1.54) is 43.1 Å². The minimum Gasteiger partial charge on any atom is -0.286 e. The highest BCUT2D eigenvalue weighted by Gasteiger charge is 2.12. The molecule has 0 saturated heterocycles. The van der Waals surface area contributed by atoms with E-state index in [1.54, 1.807) is 0 Å². The molecule has 26 heavy (non-hydrogen) atoms. The van der Waals surface area contributed by atoms with Gasteiger partial charge in [0, 0.05) is 0 Å². The summed E-state index contributed by atoms with van der Waals surface area (Å²) in [5, 5.41) is 8.25. The summed E-state index contributed by atoms with van der Waals surface area (Å²) in [6.45, 7) is 0. The number of rotatable bonds is 0. The monoisotopic (exact) mass is 362 g/mol. The fourth-order valence-electron chi connectivity index (χ4n) is 3.67. The summed E-state index contributed by atoms with van der Waals surface area (Å²) >= 11 is 0. The van der Waals surface area contributed by atoms with Gasteiger partial charge >= 0.3 is 0 Å². The summed E-state index contributed by atoms with van der Waals surface area (Å²) in [4.78, 5) is 0. The number of hydrogen-bond acceptors (Lipinski definition) is 2. The smallest absolute Gasteiger partial charge is 0.261 e. The van der Waals surface area contributed by atoms with Crippen LogP contribution in [0.4, 0.5) is 0 Å². The summed E-state index contributed by atoms with van der Waals surface area (Å²) in [6, 6.07) is 13.5. The fraction of sp³-hybridized carbons (Fsp3) is 0.0909. The molecule has 0 bridgehead atoms. The van der Waals surface area contributed by atoms with Crippen molar-refractivity contribution < 1.29 is 13.0 Å². The van der Waals surface area contributed by atoms with Crippen LogP contribution < -0.4 is 10.4 Å². The average molecular weight is 362 g/mol. The largest absolute Gasteiger partial charge is 0.286 e. The number of benzene rings is 3. The van der Waals surface area contributed by atoms with Gasteiger partial charge in [0.15, 0.2) is 0 Å². The van der Waals surface area contributed by atoms with Gasteiger partial charge in [0.05, 0.1) is 6.26 Å². The first-order valence-corrected chi connectivity index (χ1v) is 10.2. The van der Waals surface area contributed by atoms with E-state index in [0.717, 1.165) is 6.42 Å². The maximum atomic E-state index is 9.19. The van der Waals surface area contributed by atoms with Crippen LogP contribution in [0.15, 0.2) is 54.6 Å². The minimum absolute atomic E-state index is 0.715. The van der Waals surface area contributed by atoms with Crippen LogP contribution in [0, 0.1) is 0 Å². The van der Waals surface area contributed by atoms with Crippen LogP contribution in [0.25, 0.3) is 39.8 Å². The van der Waals surface area contributed by atoms with Gasteiger partial charge in [-0.05, 0) is 61.7 Å². The number of fused-ring (bicyclic) bond motifs is 7. The predicted octanol–water partition coefficient (Wildman–Crippen LogP) is 3.20. The molecule has 130 valence electrons. The summed E-state index contributed by atoms with van der Waals surface area (Å²) in [7, 11) is -3.67. The summed E-state index contributed by atoms with van der Waals surface area (Å²) in [6.07, 6.45) is 15.0. The molecule has 0 saturated carbocycles. The third kappa shape index (κ3) is 3.09. The van der Waals surface area contributed by atoms with E-state index in [0.29, 0.717) is 6.26 Å². The lowest BCUT2D eigenvalue weighted by atomic mass is 9.90. The van der Waals surface area contributed by atoms with Gasteiger partial charge in [0.25, 0.3) is 10.1 Å². The standard InChI is InChI=1S/C21H14.CH4O3S/c1-3-10-18-16(8-1)17-9-2-4-11-19(17)21-13-15-7-5-6-14(15)12-20(18)21;1-5(2,3)4/h1-10,12-13H,11H2;1H3,(H,2,3,4). The molecule has 0 radical (unpaired) electrons. The molecular weight excluding hydrogens is 344 g/mol. The Morgan fingerprint density at radius 3 is 2.42 bits per heavy atom. The van der Waals surface area contributed by atoms with Crippen molar-refractivity contribution in [3.8, 4) is 0 Å². The Morgan fingerprint density at radius 1 is 0.923 bits per heavy atom. The van der Waals surface area contributed by atoms with Gasteiger partial charge in [0.1, 0.15) is 0 Å². The molecule has 2 aliphatic rings. The summed E-state index contributed by atoms with van der Waals surface area (Å²) in [5.74, 6) is 0. The van der Waals surface area contributed by atoms with Crippen molar-refractivity contribution in [2.24, 2.45) is 0 Å². The third-order valence-electron chi connectivity index (χ3n) is 4.65. The van der Waals surface area contributed by atoms with Crippen LogP contribution in [-0.4, -0.2) is 19.2 Å².